The van der Waals surface area contributed by atoms with E-state index in [-0.39, 0.29) is 5.97 Å². The molecule has 5 nitrogen and oxygen atoms in total. The molecule has 0 radical (unpaired) electrons. The highest BCUT2D eigenvalue weighted by molar-refractivity contribution is 5.94. The van der Waals surface area contributed by atoms with Gasteiger partial charge in [-0.25, -0.2) is 4.79 Å². The molecule has 23 heavy (non-hydrogen) atoms. The van der Waals surface area contributed by atoms with E-state index in [1.165, 1.54) is 0 Å². The van der Waals surface area contributed by atoms with Crippen molar-refractivity contribution < 1.29 is 19.4 Å². The fraction of sp³-hybridized carbons (Fsp3) is 0.222. The molecule has 0 amide bonds. The molecule has 2 aromatic carbocycles. The number of esters is 1. The Morgan fingerprint density at radius 3 is 2.35 bits per heavy atom. The zero-order valence-corrected chi connectivity index (χ0v) is 13.2. The molecule has 1 aliphatic rings. The number of carboxylic acid groups (broad SMARTS) is 1. The Labute approximate surface area is 135 Å². The first-order valence-corrected chi connectivity index (χ1v) is 7.27. The normalized spacial score (nSPS) is 12.3. The summed E-state index contributed by atoms with van der Waals surface area (Å²) in [6, 6.07) is 14.6. The predicted octanol–water partition coefficient (Wildman–Crippen LogP) is 2.99. The number of para-hydroxylation sites is 2. The third-order valence-corrected chi connectivity index (χ3v) is 3.41. The summed E-state index contributed by atoms with van der Waals surface area (Å²) < 4.78 is 4.99. The molecule has 1 N–H and O–H groups in total. The van der Waals surface area contributed by atoms with Crippen molar-refractivity contribution >= 4 is 17.6 Å². The number of nitrogens with zero attached hydrogens (tertiary/aromatic N) is 1. The smallest absolute Gasteiger partial charge is 0.337 e. The van der Waals surface area contributed by atoms with Crippen LogP contribution in [0.1, 0.15) is 22.3 Å². The molecule has 0 spiro atoms. The second-order valence-electron chi connectivity index (χ2n) is 5.30. The summed E-state index contributed by atoms with van der Waals surface area (Å²) in [4.78, 5) is 23.3. The fourth-order valence-corrected chi connectivity index (χ4v) is 2.26. The minimum absolute atomic E-state index is 0.122. The molecule has 5 heteroatoms. The van der Waals surface area contributed by atoms with Crippen molar-refractivity contribution in [3.8, 4) is 5.75 Å². The van der Waals surface area contributed by atoms with Gasteiger partial charge in [0.25, 0.3) is 0 Å². The van der Waals surface area contributed by atoms with E-state index in [0.29, 0.717) is 12.0 Å². The second-order valence-corrected chi connectivity index (χ2v) is 5.30. The zero-order valence-electron chi connectivity index (χ0n) is 13.2. The first-order chi connectivity index (χ1) is 11.0. The molecule has 0 atom stereocenters. The van der Waals surface area contributed by atoms with Crippen LogP contribution in [0.3, 0.4) is 0 Å². The van der Waals surface area contributed by atoms with Crippen LogP contribution in [0.2, 0.25) is 0 Å². The summed E-state index contributed by atoms with van der Waals surface area (Å²) in [7, 11) is 3.64. The number of benzene rings is 2. The molecule has 0 aromatic heterocycles. The van der Waals surface area contributed by atoms with Crippen molar-refractivity contribution in [3.63, 3.8) is 0 Å². The molecule has 0 bridgehead atoms. The molecule has 3 rings (SSSR count). The van der Waals surface area contributed by atoms with E-state index in [1.807, 2.05) is 44.4 Å². The lowest BCUT2D eigenvalue weighted by atomic mass is 10.1. The van der Waals surface area contributed by atoms with E-state index in [4.69, 9.17) is 9.84 Å². The number of rotatable bonds is 2. The van der Waals surface area contributed by atoms with Gasteiger partial charge < -0.3 is 14.7 Å². The molecule has 1 heterocycles. The highest BCUT2D eigenvalue weighted by Gasteiger charge is 2.15. The number of hydrogen-bond donors (Lipinski definition) is 1. The highest BCUT2D eigenvalue weighted by atomic mass is 16.5. The molecular weight excluding hydrogens is 294 g/mol. The van der Waals surface area contributed by atoms with Crippen LogP contribution in [0.4, 0.5) is 5.69 Å². The molecule has 0 aliphatic carbocycles. The van der Waals surface area contributed by atoms with Crippen LogP contribution in [0.15, 0.2) is 48.5 Å². The number of hydrogen-bond acceptors (Lipinski definition) is 4. The Balaban J connectivity index is 0.000000167. The van der Waals surface area contributed by atoms with Crippen molar-refractivity contribution in [2.45, 2.75) is 12.8 Å². The summed E-state index contributed by atoms with van der Waals surface area (Å²) in [5.41, 5.74) is 2.19. The van der Waals surface area contributed by atoms with Crippen molar-refractivity contribution in [3.05, 3.63) is 59.7 Å². The highest BCUT2D eigenvalue weighted by Crippen LogP contribution is 2.23. The number of aromatic carboxylic acids is 1. The number of carboxylic acids is 1. The number of carbonyl (C=O) groups excluding carboxylic acids is 1. The van der Waals surface area contributed by atoms with Crippen LogP contribution in [0, 0.1) is 0 Å². The Kier molecular flexibility index (Phi) is 5.36. The van der Waals surface area contributed by atoms with E-state index >= 15 is 0 Å². The molecule has 1 aliphatic heterocycles. The topological polar surface area (TPSA) is 66.8 Å². The lowest BCUT2D eigenvalue weighted by molar-refractivity contribution is -0.135. The summed E-state index contributed by atoms with van der Waals surface area (Å²) in [5.74, 6) is -0.285. The molecule has 120 valence electrons. The van der Waals surface area contributed by atoms with Crippen LogP contribution >= 0.6 is 0 Å². The molecular formula is C18H19NO4. The molecule has 0 saturated carbocycles. The Bertz CT molecular complexity index is 710. The number of ether oxygens (including phenoxy) is 1. The van der Waals surface area contributed by atoms with E-state index in [0.717, 1.165) is 23.4 Å². The summed E-state index contributed by atoms with van der Waals surface area (Å²) in [6.45, 7) is 0. The van der Waals surface area contributed by atoms with Gasteiger partial charge in [0.2, 0.25) is 0 Å². The Morgan fingerprint density at radius 2 is 1.70 bits per heavy atom. The fourth-order valence-electron chi connectivity index (χ4n) is 2.26. The maximum Gasteiger partial charge on any atom is 0.337 e. The number of fused-ring (bicyclic) bond motifs is 1. The van der Waals surface area contributed by atoms with Gasteiger partial charge in [0.1, 0.15) is 5.75 Å². The lowest BCUT2D eigenvalue weighted by Gasteiger charge is -2.14. The summed E-state index contributed by atoms with van der Waals surface area (Å²) in [6.07, 6.45) is 1.33. The zero-order chi connectivity index (χ0) is 16.8. The van der Waals surface area contributed by atoms with Gasteiger partial charge in [0.15, 0.2) is 0 Å². The van der Waals surface area contributed by atoms with Crippen molar-refractivity contribution in [1.82, 2.24) is 0 Å². The third kappa shape index (κ3) is 4.32. The van der Waals surface area contributed by atoms with Crippen LogP contribution in [0.5, 0.6) is 5.75 Å². The number of anilines is 1. The number of carbonyl (C=O) groups is 2. The largest absolute Gasteiger partial charge is 0.478 e. The van der Waals surface area contributed by atoms with Gasteiger partial charge in [0.05, 0.1) is 17.7 Å². The van der Waals surface area contributed by atoms with Gasteiger partial charge in [0, 0.05) is 14.1 Å². The first kappa shape index (κ1) is 16.5. The maximum atomic E-state index is 10.8. The van der Waals surface area contributed by atoms with E-state index in [9.17, 15) is 9.59 Å². The monoisotopic (exact) mass is 313 g/mol. The quantitative estimate of drug-likeness (QED) is 0.682. The van der Waals surface area contributed by atoms with Gasteiger partial charge >= 0.3 is 11.9 Å². The van der Waals surface area contributed by atoms with Crippen LogP contribution in [-0.2, 0) is 11.2 Å². The molecule has 0 saturated heterocycles. The Hall–Kier alpha value is -2.82. The van der Waals surface area contributed by atoms with Gasteiger partial charge in [-0.1, -0.05) is 30.3 Å². The summed E-state index contributed by atoms with van der Waals surface area (Å²) in [5, 5.41) is 8.79. The van der Waals surface area contributed by atoms with Crippen molar-refractivity contribution in [1.29, 1.82) is 0 Å². The lowest BCUT2D eigenvalue weighted by Crippen LogP contribution is -2.15. The maximum absolute atomic E-state index is 10.8. The predicted molar refractivity (Wildman–Crippen MR) is 88.1 cm³/mol. The standard InChI is InChI=1S/C9H11NO2.C9H8O2/c1-10(2)8-6-4-3-5-7(8)9(11)12;10-9-6-5-7-3-1-2-4-8(7)11-9/h3-6H,1-2H3,(H,11,12);1-4H,5-6H2. The van der Waals surface area contributed by atoms with Gasteiger partial charge in [-0.15, -0.1) is 0 Å². The average Bonchev–Trinajstić information content (AvgIpc) is 2.55. The number of aryl methyl sites for hydroxylation is 1. The van der Waals surface area contributed by atoms with E-state index in [1.54, 1.807) is 23.1 Å². The van der Waals surface area contributed by atoms with Crippen LogP contribution in [0.25, 0.3) is 0 Å². The minimum atomic E-state index is -0.890. The Morgan fingerprint density at radius 1 is 1.04 bits per heavy atom. The SMILES string of the molecule is CN(C)c1ccccc1C(=O)O.O=C1CCc2ccccc2O1. The van der Waals surface area contributed by atoms with Crippen molar-refractivity contribution in [2.24, 2.45) is 0 Å². The van der Waals surface area contributed by atoms with Crippen LogP contribution < -0.4 is 9.64 Å². The molecule has 0 unspecified atom stereocenters. The van der Waals surface area contributed by atoms with Gasteiger partial charge in [-0.05, 0) is 30.2 Å². The van der Waals surface area contributed by atoms with Crippen molar-refractivity contribution in [2.75, 3.05) is 19.0 Å². The second kappa shape index (κ2) is 7.45. The van der Waals surface area contributed by atoms with Crippen LogP contribution in [-0.4, -0.2) is 31.1 Å². The average molecular weight is 313 g/mol. The van der Waals surface area contributed by atoms with E-state index < -0.39 is 5.97 Å². The molecule has 0 fully saturated rings. The van der Waals surface area contributed by atoms with Gasteiger partial charge in [-0.2, -0.15) is 0 Å². The van der Waals surface area contributed by atoms with Gasteiger partial charge in [-0.3, -0.25) is 4.79 Å². The first-order valence-electron chi connectivity index (χ1n) is 7.27. The molecule has 2 aromatic rings. The summed E-state index contributed by atoms with van der Waals surface area (Å²) >= 11 is 0. The van der Waals surface area contributed by atoms with E-state index in [2.05, 4.69) is 0 Å². The minimum Gasteiger partial charge on any atom is -0.478 e. The third-order valence-electron chi connectivity index (χ3n) is 3.41.